The molecule has 0 bridgehead atoms. The average molecular weight is 404 g/mol. The summed E-state index contributed by atoms with van der Waals surface area (Å²) in [7, 11) is 0. The Hall–Kier alpha value is -3.54. The first-order valence-electron chi connectivity index (χ1n) is 10.1. The van der Waals surface area contributed by atoms with Crippen LogP contribution in [0.15, 0.2) is 60.7 Å². The lowest BCUT2D eigenvalue weighted by Gasteiger charge is -2.14. The highest BCUT2D eigenvalue weighted by Crippen LogP contribution is 2.28. The van der Waals surface area contributed by atoms with Crippen LogP contribution in [0.3, 0.4) is 0 Å². The Balaban J connectivity index is 1.55. The lowest BCUT2D eigenvalue weighted by molar-refractivity contribution is -0.123. The first-order chi connectivity index (χ1) is 14.6. The summed E-state index contributed by atoms with van der Waals surface area (Å²) < 4.78 is 11.2. The van der Waals surface area contributed by atoms with Crippen LogP contribution in [0.4, 0.5) is 5.69 Å². The highest BCUT2D eigenvalue weighted by molar-refractivity contribution is 6.08. The van der Waals surface area contributed by atoms with E-state index in [0.717, 1.165) is 29.4 Å². The fourth-order valence-corrected chi connectivity index (χ4v) is 3.16. The van der Waals surface area contributed by atoms with Gasteiger partial charge in [-0.1, -0.05) is 24.3 Å². The van der Waals surface area contributed by atoms with Gasteiger partial charge in [0, 0.05) is 11.7 Å². The molecule has 0 aromatic heterocycles. The molecule has 0 saturated heterocycles. The van der Waals surface area contributed by atoms with E-state index in [0.29, 0.717) is 23.6 Å². The maximum atomic E-state index is 13.0. The quantitative estimate of drug-likeness (QED) is 0.591. The van der Waals surface area contributed by atoms with Crippen LogP contribution >= 0.6 is 0 Å². The van der Waals surface area contributed by atoms with E-state index < -0.39 is 0 Å². The second kappa shape index (κ2) is 8.86. The summed E-state index contributed by atoms with van der Waals surface area (Å²) in [6.07, 6.45) is 2.02. The van der Waals surface area contributed by atoms with Gasteiger partial charge in [0.2, 0.25) is 0 Å². The molecule has 6 heteroatoms. The van der Waals surface area contributed by atoms with E-state index in [1.807, 2.05) is 31.2 Å². The minimum absolute atomic E-state index is 0.127. The highest BCUT2D eigenvalue weighted by atomic mass is 16.5. The number of anilines is 1. The molecule has 1 aliphatic carbocycles. The van der Waals surface area contributed by atoms with Crippen LogP contribution < -0.4 is 20.1 Å². The summed E-state index contributed by atoms with van der Waals surface area (Å²) in [6, 6.07) is 18.7. The number of rotatable bonds is 8. The van der Waals surface area contributed by atoms with Crippen molar-refractivity contribution in [1.29, 1.82) is 0 Å². The number of hydrogen-bond acceptors (Lipinski definition) is 4. The van der Waals surface area contributed by atoms with Gasteiger partial charge in [-0.3, -0.25) is 9.59 Å². The van der Waals surface area contributed by atoms with Gasteiger partial charge >= 0.3 is 0 Å². The SMILES string of the molecule is CCOc1ccc(NC(=O)c2cc3ccccc3cc2OCC(=O)NC2CC2)cc1. The topological polar surface area (TPSA) is 76.7 Å². The van der Waals surface area contributed by atoms with Crippen LogP contribution in [0, 0.1) is 0 Å². The lowest BCUT2D eigenvalue weighted by Crippen LogP contribution is -2.30. The Kier molecular flexibility index (Phi) is 5.84. The molecule has 1 saturated carbocycles. The summed E-state index contributed by atoms with van der Waals surface area (Å²) in [6.45, 7) is 2.37. The summed E-state index contributed by atoms with van der Waals surface area (Å²) in [4.78, 5) is 25.0. The predicted octanol–water partition coefficient (Wildman–Crippen LogP) is 4.15. The molecule has 0 spiro atoms. The number of hydrogen-bond donors (Lipinski definition) is 2. The lowest BCUT2D eigenvalue weighted by atomic mass is 10.1. The van der Waals surface area contributed by atoms with Crippen molar-refractivity contribution in [3.05, 3.63) is 66.2 Å². The van der Waals surface area contributed by atoms with Crippen LogP contribution in [-0.4, -0.2) is 31.1 Å². The molecule has 0 unspecified atom stereocenters. The number of amides is 2. The predicted molar refractivity (Wildman–Crippen MR) is 116 cm³/mol. The van der Waals surface area contributed by atoms with Crippen molar-refractivity contribution in [2.45, 2.75) is 25.8 Å². The first kappa shape index (κ1) is 19.8. The third kappa shape index (κ3) is 4.89. The molecule has 1 fully saturated rings. The molecule has 0 radical (unpaired) electrons. The zero-order valence-electron chi connectivity index (χ0n) is 16.8. The molecule has 3 aromatic carbocycles. The molecule has 30 heavy (non-hydrogen) atoms. The van der Waals surface area contributed by atoms with Crippen molar-refractivity contribution in [2.75, 3.05) is 18.5 Å². The fourth-order valence-electron chi connectivity index (χ4n) is 3.16. The molecule has 1 aliphatic rings. The first-order valence-corrected chi connectivity index (χ1v) is 10.1. The Morgan fingerprint density at radius 2 is 1.67 bits per heavy atom. The normalized spacial score (nSPS) is 13.0. The molecule has 6 nitrogen and oxygen atoms in total. The zero-order chi connectivity index (χ0) is 20.9. The molecule has 154 valence electrons. The molecule has 0 heterocycles. The third-order valence-electron chi connectivity index (χ3n) is 4.82. The maximum absolute atomic E-state index is 13.0. The maximum Gasteiger partial charge on any atom is 0.259 e. The van der Waals surface area contributed by atoms with Crippen molar-refractivity contribution >= 4 is 28.3 Å². The van der Waals surface area contributed by atoms with E-state index in [2.05, 4.69) is 10.6 Å². The van der Waals surface area contributed by atoms with E-state index in [1.165, 1.54) is 0 Å². The number of fused-ring (bicyclic) bond motifs is 1. The second-order valence-corrected chi connectivity index (χ2v) is 7.24. The monoisotopic (exact) mass is 404 g/mol. The van der Waals surface area contributed by atoms with E-state index in [-0.39, 0.29) is 24.5 Å². The van der Waals surface area contributed by atoms with Crippen LogP contribution in [0.5, 0.6) is 11.5 Å². The highest BCUT2D eigenvalue weighted by Gasteiger charge is 2.23. The Bertz CT molecular complexity index is 1060. The summed E-state index contributed by atoms with van der Waals surface area (Å²) >= 11 is 0. The largest absolute Gasteiger partial charge is 0.494 e. The molecule has 0 atom stereocenters. The van der Waals surface area contributed by atoms with Gasteiger partial charge < -0.3 is 20.1 Å². The Labute approximate surface area is 175 Å². The summed E-state index contributed by atoms with van der Waals surface area (Å²) in [5.74, 6) is 0.640. The van der Waals surface area contributed by atoms with Crippen LogP contribution in [0.1, 0.15) is 30.1 Å². The molecular weight excluding hydrogens is 380 g/mol. The number of nitrogens with one attached hydrogen (secondary N) is 2. The summed E-state index contributed by atoms with van der Waals surface area (Å²) in [5, 5.41) is 7.63. The van der Waals surface area contributed by atoms with E-state index >= 15 is 0 Å². The molecule has 3 aromatic rings. The van der Waals surface area contributed by atoms with Gasteiger partial charge in [-0.25, -0.2) is 0 Å². The van der Waals surface area contributed by atoms with Gasteiger partial charge in [-0.2, -0.15) is 0 Å². The van der Waals surface area contributed by atoms with Gasteiger partial charge in [0.25, 0.3) is 11.8 Å². The van der Waals surface area contributed by atoms with Crippen LogP contribution in [0.25, 0.3) is 10.8 Å². The van der Waals surface area contributed by atoms with Crippen molar-refractivity contribution in [3.8, 4) is 11.5 Å². The number of carbonyl (C=O) groups excluding carboxylic acids is 2. The molecule has 0 aliphatic heterocycles. The minimum Gasteiger partial charge on any atom is -0.494 e. The van der Waals surface area contributed by atoms with Crippen LogP contribution in [-0.2, 0) is 4.79 Å². The zero-order valence-corrected chi connectivity index (χ0v) is 16.8. The van der Waals surface area contributed by atoms with E-state index in [4.69, 9.17) is 9.47 Å². The Morgan fingerprint density at radius 1 is 0.967 bits per heavy atom. The van der Waals surface area contributed by atoms with Crippen LogP contribution in [0.2, 0.25) is 0 Å². The van der Waals surface area contributed by atoms with Crippen molar-refractivity contribution in [3.63, 3.8) is 0 Å². The van der Waals surface area contributed by atoms with Gasteiger partial charge in [0.1, 0.15) is 11.5 Å². The molecule has 4 rings (SSSR count). The van der Waals surface area contributed by atoms with E-state index in [9.17, 15) is 9.59 Å². The van der Waals surface area contributed by atoms with Crippen molar-refractivity contribution in [2.24, 2.45) is 0 Å². The number of benzene rings is 3. The second-order valence-electron chi connectivity index (χ2n) is 7.24. The van der Waals surface area contributed by atoms with E-state index in [1.54, 1.807) is 36.4 Å². The van der Waals surface area contributed by atoms with Gasteiger partial charge in [0.05, 0.1) is 12.2 Å². The van der Waals surface area contributed by atoms with Gasteiger partial charge in [-0.15, -0.1) is 0 Å². The molecule has 2 N–H and O–H groups in total. The standard InChI is InChI=1S/C24H24N2O4/c1-2-29-20-11-9-19(10-12-20)26-24(28)21-13-16-5-3-4-6-17(16)14-22(21)30-15-23(27)25-18-7-8-18/h3-6,9-14,18H,2,7-8,15H2,1H3,(H,25,27)(H,26,28). The molecular formula is C24H24N2O4. The van der Waals surface area contributed by atoms with Gasteiger partial charge in [-0.05, 0) is 66.9 Å². The minimum atomic E-state index is -0.303. The Morgan fingerprint density at radius 3 is 2.33 bits per heavy atom. The number of carbonyl (C=O) groups is 2. The fraction of sp³-hybridized carbons (Fsp3) is 0.250. The van der Waals surface area contributed by atoms with Gasteiger partial charge in [0.15, 0.2) is 6.61 Å². The van der Waals surface area contributed by atoms with Crippen molar-refractivity contribution in [1.82, 2.24) is 5.32 Å². The van der Waals surface area contributed by atoms with Crippen molar-refractivity contribution < 1.29 is 19.1 Å². The summed E-state index contributed by atoms with van der Waals surface area (Å²) in [5.41, 5.74) is 1.02. The molecule has 2 amide bonds. The number of ether oxygens (including phenoxy) is 2. The third-order valence-corrected chi connectivity index (χ3v) is 4.82. The smallest absolute Gasteiger partial charge is 0.259 e. The average Bonchev–Trinajstić information content (AvgIpc) is 3.57.